The highest BCUT2D eigenvalue weighted by atomic mass is 32.2. The zero-order valence-corrected chi connectivity index (χ0v) is 21.9. The fraction of sp³-hybridized carbons (Fsp3) is 0.370. The summed E-state index contributed by atoms with van der Waals surface area (Å²) >= 11 is 0. The predicted octanol–water partition coefficient (Wildman–Crippen LogP) is 2.23. The first-order valence-corrected chi connectivity index (χ1v) is 14.0. The third-order valence-electron chi connectivity index (χ3n) is 6.61. The molecule has 0 aromatic heterocycles. The molecule has 1 heterocycles. The van der Waals surface area contributed by atoms with Gasteiger partial charge in [-0.1, -0.05) is 54.6 Å². The van der Waals surface area contributed by atoms with E-state index in [0.29, 0.717) is 18.7 Å². The standard InChI is InChI=1S/C27H31F3N4O4S/c28-27(29,30)23-9-6-19(7-10-23)16-24(18-35)32-26(36)25(33-39(37,38)34-13-11-31-12-14-34)17-20-5-8-21-3-1-2-4-22(21)15-20/h1-10,15,24-25,31,33,35H,11-14,16-18H2,(H,32,36)/t24-,25-/m1/s1. The second-order valence-electron chi connectivity index (χ2n) is 9.50. The van der Waals surface area contributed by atoms with Gasteiger partial charge >= 0.3 is 6.18 Å². The SMILES string of the molecule is O=C(N[C@@H](CO)Cc1ccc(C(F)(F)F)cc1)[C@@H](Cc1ccc2ccccc2c1)NS(=O)(=O)N1CCNCC1. The van der Waals surface area contributed by atoms with Crippen LogP contribution in [0.1, 0.15) is 16.7 Å². The van der Waals surface area contributed by atoms with E-state index >= 15 is 0 Å². The van der Waals surface area contributed by atoms with Gasteiger partial charge in [0, 0.05) is 26.2 Å². The lowest BCUT2D eigenvalue weighted by Gasteiger charge is -2.29. The number of carbonyl (C=O) groups is 1. The molecule has 2 atom stereocenters. The molecule has 210 valence electrons. The lowest BCUT2D eigenvalue weighted by atomic mass is 10.0. The molecule has 0 spiro atoms. The van der Waals surface area contributed by atoms with Crippen LogP contribution in [0, 0.1) is 0 Å². The summed E-state index contributed by atoms with van der Waals surface area (Å²) in [5.74, 6) is -0.646. The summed E-state index contributed by atoms with van der Waals surface area (Å²) < 4.78 is 68.7. The van der Waals surface area contributed by atoms with Crippen LogP contribution in [0.2, 0.25) is 0 Å². The number of rotatable bonds is 10. The minimum Gasteiger partial charge on any atom is -0.394 e. The second kappa shape index (κ2) is 12.4. The van der Waals surface area contributed by atoms with Crippen LogP contribution < -0.4 is 15.4 Å². The van der Waals surface area contributed by atoms with E-state index in [2.05, 4.69) is 15.4 Å². The van der Waals surface area contributed by atoms with Gasteiger partial charge in [-0.3, -0.25) is 4.79 Å². The molecule has 0 bridgehead atoms. The number of hydrogen-bond acceptors (Lipinski definition) is 5. The summed E-state index contributed by atoms with van der Waals surface area (Å²) in [7, 11) is -4.00. The number of alkyl halides is 3. The molecule has 0 saturated carbocycles. The van der Waals surface area contributed by atoms with Crippen molar-refractivity contribution in [1.82, 2.24) is 19.7 Å². The van der Waals surface area contributed by atoms with Gasteiger partial charge in [-0.15, -0.1) is 0 Å². The van der Waals surface area contributed by atoms with Crippen LogP contribution in [0.15, 0.2) is 66.7 Å². The molecule has 12 heteroatoms. The molecule has 3 aromatic carbocycles. The molecule has 1 saturated heterocycles. The average Bonchev–Trinajstić information content (AvgIpc) is 2.92. The van der Waals surface area contributed by atoms with Gasteiger partial charge in [0.1, 0.15) is 6.04 Å². The van der Waals surface area contributed by atoms with E-state index in [9.17, 15) is 31.5 Å². The van der Waals surface area contributed by atoms with Crippen molar-refractivity contribution < 1.29 is 31.5 Å². The molecule has 0 radical (unpaired) electrons. The molecule has 3 aromatic rings. The normalized spacial score (nSPS) is 16.6. The summed E-state index contributed by atoms with van der Waals surface area (Å²) in [5, 5.41) is 17.6. The number of fused-ring (bicyclic) bond motifs is 1. The van der Waals surface area contributed by atoms with E-state index in [4.69, 9.17) is 0 Å². The largest absolute Gasteiger partial charge is 0.416 e. The number of benzene rings is 3. The van der Waals surface area contributed by atoms with Crippen molar-refractivity contribution in [1.29, 1.82) is 0 Å². The Balaban J connectivity index is 1.52. The van der Waals surface area contributed by atoms with Gasteiger partial charge in [-0.05, 0) is 46.9 Å². The molecule has 1 fully saturated rings. The fourth-order valence-corrected chi connectivity index (χ4v) is 5.87. The first kappa shape index (κ1) is 29.0. The number of hydrogen-bond donors (Lipinski definition) is 4. The second-order valence-corrected chi connectivity index (χ2v) is 11.2. The fourth-order valence-electron chi connectivity index (χ4n) is 4.51. The first-order valence-electron chi connectivity index (χ1n) is 12.6. The summed E-state index contributed by atoms with van der Waals surface area (Å²) in [4.78, 5) is 13.4. The number of carbonyl (C=O) groups excluding carboxylic acids is 1. The number of nitrogens with zero attached hydrogens (tertiary/aromatic N) is 1. The Morgan fingerprint density at radius 2 is 1.59 bits per heavy atom. The Morgan fingerprint density at radius 3 is 2.23 bits per heavy atom. The Kier molecular flexibility index (Phi) is 9.23. The molecule has 1 aliphatic rings. The molecule has 0 aliphatic carbocycles. The minimum absolute atomic E-state index is 0.0560. The van der Waals surface area contributed by atoms with Crippen LogP contribution in [-0.2, 0) is 34.0 Å². The number of piperazine rings is 1. The maximum absolute atomic E-state index is 13.4. The number of aliphatic hydroxyl groups is 1. The smallest absolute Gasteiger partial charge is 0.394 e. The molecule has 1 aliphatic heterocycles. The van der Waals surface area contributed by atoms with Crippen molar-refractivity contribution in [3.8, 4) is 0 Å². The van der Waals surface area contributed by atoms with Crippen LogP contribution in [-0.4, -0.2) is 68.6 Å². The lowest BCUT2D eigenvalue weighted by molar-refractivity contribution is -0.137. The molecular formula is C27H31F3N4O4S. The summed E-state index contributed by atoms with van der Waals surface area (Å²) in [5.41, 5.74) is 0.420. The molecule has 4 N–H and O–H groups in total. The average molecular weight is 565 g/mol. The summed E-state index contributed by atoms with van der Waals surface area (Å²) in [6, 6.07) is 15.7. The topological polar surface area (TPSA) is 111 Å². The monoisotopic (exact) mass is 564 g/mol. The Bertz CT molecular complexity index is 1380. The van der Waals surface area contributed by atoms with Crippen molar-refractivity contribution in [3.63, 3.8) is 0 Å². The molecular weight excluding hydrogens is 533 g/mol. The number of nitrogens with one attached hydrogen (secondary N) is 3. The van der Waals surface area contributed by atoms with Crippen LogP contribution >= 0.6 is 0 Å². The first-order chi connectivity index (χ1) is 18.5. The molecule has 39 heavy (non-hydrogen) atoms. The van der Waals surface area contributed by atoms with Gasteiger partial charge in [0.2, 0.25) is 5.91 Å². The number of halogens is 3. The van der Waals surface area contributed by atoms with Crippen molar-refractivity contribution in [2.24, 2.45) is 0 Å². The Labute approximate surface area is 225 Å². The van der Waals surface area contributed by atoms with Gasteiger partial charge in [-0.25, -0.2) is 0 Å². The van der Waals surface area contributed by atoms with E-state index in [1.807, 2.05) is 42.5 Å². The third-order valence-corrected chi connectivity index (χ3v) is 8.23. The Hall–Kier alpha value is -3.03. The van der Waals surface area contributed by atoms with Crippen molar-refractivity contribution in [2.45, 2.75) is 31.1 Å². The van der Waals surface area contributed by atoms with E-state index < -0.39 is 46.5 Å². The van der Waals surface area contributed by atoms with Gasteiger partial charge in [0.05, 0.1) is 18.2 Å². The van der Waals surface area contributed by atoms with Gasteiger partial charge in [-0.2, -0.15) is 30.6 Å². The Morgan fingerprint density at radius 1 is 0.949 bits per heavy atom. The zero-order valence-electron chi connectivity index (χ0n) is 21.1. The van der Waals surface area contributed by atoms with Crippen molar-refractivity contribution >= 4 is 26.9 Å². The van der Waals surface area contributed by atoms with Crippen LogP contribution in [0.25, 0.3) is 10.8 Å². The number of amides is 1. The highest BCUT2D eigenvalue weighted by Crippen LogP contribution is 2.29. The molecule has 1 amide bonds. The van der Waals surface area contributed by atoms with Gasteiger partial charge in [0.25, 0.3) is 10.2 Å². The van der Waals surface area contributed by atoms with E-state index in [-0.39, 0.29) is 25.9 Å². The van der Waals surface area contributed by atoms with Crippen molar-refractivity contribution in [3.05, 3.63) is 83.4 Å². The van der Waals surface area contributed by atoms with Crippen molar-refractivity contribution in [2.75, 3.05) is 32.8 Å². The van der Waals surface area contributed by atoms with Gasteiger partial charge in [0.15, 0.2) is 0 Å². The zero-order chi connectivity index (χ0) is 28.0. The highest BCUT2D eigenvalue weighted by Gasteiger charge is 2.32. The van der Waals surface area contributed by atoms with Crippen LogP contribution in [0.5, 0.6) is 0 Å². The lowest BCUT2D eigenvalue weighted by Crippen LogP contribution is -2.57. The third kappa shape index (κ3) is 7.76. The maximum Gasteiger partial charge on any atom is 0.416 e. The molecule has 0 unspecified atom stereocenters. The van der Waals surface area contributed by atoms with Crippen LogP contribution in [0.3, 0.4) is 0 Å². The quantitative estimate of drug-likeness (QED) is 0.302. The van der Waals surface area contributed by atoms with Gasteiger partial charge < -0.3 is 15.7 Å². The summed E-state index contributed by atoms with van der Waals surface area (Å²) in [6.45, 7) is 1.00. The summed E-state index contributed by atoms with van der Waals surface area (Å²) in [6.07, 6.45) is -4.35. The number of aliphatic hydroxyl groups excluding tert-OH is 1. The van der Waals surface area contributed by atoms with E-state index in [1.54, 1.807) is 0 Å². The van der Waals surface area contributed by atoms with Crippen LogP contribution in [0.4, 0.5) is 13.2 Å². The highest BCUT2D eigenvalue weighted by molar-refractivity contribution is 7.87. The molecule has 4 rings (SSSR count). The van der Waals surface area contributed by atoms with E-state index in [1.165, 1.54) is 16.4 Å². The predicted molar refractivity (Wildman–Crippen MR) is 142 cm³/mol. The maximum atomic E-state index is 13.4. The molecule has 8 nitrogen and oxygen atoms in total. The minimum atomic E-state index is -4.47. The van der Waals surface area contributed by atoms with E-state index in [0.717, 1.165) is 28.5 Å².